The molecule has 0 aliphatic carbocycles. The lowest BCUT2D eigenvalue weighted by Crippen LogP contribution is -2.32. The SMILES string of the molecule is CCCNc1nc2sccn2c1S(=O)(=O)NCC(C)OC. The van der Waals surface area contributed by atoms with E-state index in [1.165, 1.54) is 11.3 Å². The Balaban J connectivity index is 2.35. The molecule has 1 unspecified atom stereocenters. The summed E-state index contributed by atoms with van der Waals surface area (Å²) in [5.41, 5.74) is 0. The topological polar surface area (TPSA) is 84.7 Å². The molecule has 2 heterocycles. The summed E-state index contributed by atoms with van der Waals surface area (Å²) >= 11 is 1.40. The van der Waals surface area contributed by atoms with E-state index in [0.717, 1.165) is 6.42 Å². The number of hydrogen-bond donors (Lipinski definition) is 2. The van der Waals surface area contributed by atoms with Gasteiger partial charge in [-0.05, 0) is 13.3 Å². The van der Waals surface area contributed by atoms with E-state index in [2.05, 4.69) is 15.0 Å². The molecule has 0 aliphatic heterocycles. The molecular formula is C12H20N4O3S2. The zero-order chi connectivity index (χ0) is 15.5. The number of anilines is 1. The molecule has 0 saturated heterocycles. The number of thiazole rings is 1. The molecule has 118 valence electrons. The van der Waals surface area contributed by atoms with Crippen molar-refractivity contribution in [1.82, 2.24) is 14.1 Å². The van der Waals surface area contributed by atoms with Crippen LogP contribution in [-0.2, 0) is 14.8 Å². The maximum Gasteiger partial charge on any atom is 0.260 e. The van der Waals surface area contributed by atoms with Crippen LogP contribution in [0.25, 0.3) is 4.96 Å². The van der Waals surface area contributed by atoms with Crippen LogP contribution in [0, 0.1) is 0 Å². The van der Waals surface area contributed by atoms with Crippen molar-refractivity contribution in [3.05, 3.63) is 11.6 Å². The minimum atomic E-state index is -3.67. The molecule has 0 saturated carbocycles. The number of nitrogens with zero attached hydrogens (tertiary/aromatic N) is 2. The number of rotatable bonds is 8. The first-order valence-corrected chi connectivity index (χ1v) is 9.07. The number of ether oxygens (including phenoxy) is 1. The number of fused-ring (bicyclic) bond motifs is 1. The molecule has 1 atom stereocenters. The van der Waals surface area contributed by atoms with E-state index in [-0.39, 0.29) is 17.7 Å². The molecule has 0 aromatic carbocycles. The molecule has 2 aromatic heterocycles. The number of nitrogens with one attached hydrogen (secondary N) is 2. The standard InChI is InChI=1S/C12H20N4O3S2/c1-4-5-13-10-11(16-6-7-20-12(16)15-10)21(17,18)14-8-9(2)19-3/h6-7,9,13-14H,4-5,8H2,1-3H3. The molecule has 0 bridgehead atoms. The highest BCUT2D eigenvalue weighted by atomic mass is 32.2. The molecule has 0 radical (unpaired) electrons. The maximum atomic E-state index is 12.5. The third-order valence-corrected chi connectivity index (χ3v) is 5.18. The van der Waals surface area contributed by atoms with Crippen LogP contribution >= 0.6 is 11.3 Å². The number of imidazole rings is 1. The van der Waals surface area contributed by atoms with E-state index in [4.69, 9.17) is 4.74 Å². The van der Waals surface area contributed by atoms with E-state index in [0.29, 0.717) is 17.3 Å². The van der Waals surface area contributed by atoms with Gasteiger partial charge in [0.05, 0.1) is 6.10 Å². The fourth-order valence-electron chi connectivity index (χ4n) is 1.76. The highest BCUT2D eigenvalue weighted by Gasteiger charge is 2.26. The second-order valence-corrected chi connectivity index (χ2v) is 7.20. The molecule has 21 heavy (non-hydrogen) atoms. The van der Waals surface area contributed by atoms with Gasteiger partial charge in [0, 0.05) is 31.8 Å². The van der Waals surface area contributed by atoms with E-state index in [1.807, 2.05) is 12.3 Å². The van der Waals surface area contributed by atoms with E-state index in [9.17, 15) is 8.42 Å². The average Bonchev–Trinajstić information content (AvgIpc) is 3.02. The van der Waals surface area contributed by atoms with Crippen LogP contribution in [0.5, 0.6) is 0 Å². The summed E-state index contributed by atoms with van der Waals surface area (Å²) in [7, 11) is -2.12. The summed E-state index contributed by atoms with van der Waals surface area (Å²) in [6.07, 6.45) is 2.40. The average molecular weight is 332 g/mol. The van der Waals surface area contributed by atoms with Gasteiger partial charge in [0.1, 0.15) is 0 Å². The van der Waals surface area contributed by atoms with Crippen molar-refractivity contribution in [1.29, 1.82) is 0 Å². The van der Waals surface area contributed by atoms with Gasteiger partial charge in [-0.1, -0.05) is 6.92 Å². The van der Waals surface area contributed by atoms with Gasteiger partial charge in [0.25, 0.3) is 10.0 Å². The summed E-state index contributed by atoms with van der Waals surface area (Å²) in [5, 5.41) is 5.03. The normalized spacial score (nSPS) is 13.7. The molecule has 2 aromatic rings. The molecule has 2 rings (SSSR count). The first-order valence-electron chi connectivity index (χ1n) is 6.71. The first-order chi connectivity index (χ1) is 9.99. The van der Waals surface area contributed by atoms with Crippen molar-refractivity contribution in [3.63, 3.8) is 0 Å². The number of aromatic nitrogens is 2. The zero-order valence-electron chi connectivity index (χ0n) is 12.3. The Morgan fingerprint density at radius 1 is 1.52 bits per heavy atom. The quantitative estimate of drug-likeness (QED) is 0.766. The third-order valence-electron chi connectivity index (χ3n) is 2.98. The number of methoxy groups -OCH3 is 1. The Hall–Kier alpha value is -1.16. The molecule has 0 spiro atoms. The molecule has 0 amide bonds. The van der Waals surface area contributed by atoms with Gasteiger partial charge < -0.3 is 10.1 Å². The van der Waals surface area contributed by atoms with Crippen LogP contribution in [-0.4, -0.2) is 44.1 Å². The van der Waals surface area contributed by atoms with Crippen molar-refractivity contribution in [2.24, 2.45) is 0 Å². The Kier molecular flexibility index (Phi) is 5.20. The Morgan fingerprint density at radius 3 is 2.95 bits per heavy atom. The smallest absolute Gasteiger partial charge is 0.260 e. The van der Waals surface area contributed by atoms with Crippen molar-refractivity contribution in [2.45, 2.75) is 31.4 Å². The van der Waals surface area contributed by atoms with Gasteiger partial charge in [-0.15, -0.1) is 11.3 Å². The largest absolute Gasteiger partial charge is 0.380 e. The number of hydrogen-bond acceptors (Lipinski definition) is 6. The van der Waals surface area contributed by atoms with E-state index < -0.39 is 10.0 Å². The molecular weight excluding hydrogens is 312 g/mol. The van der Waals surface area contributed by atoms with Crippen LogP contribution in [0.15, 0.2) is 16.6 Å². The fourth-order valence-corrected chi connectivity index (χ4v) is 3.90. The van der Waals surface area contributed by atoms with Crippen LogP contribution in [0.2, 0.25) is 0 Å². The van der Waals surface area contributed by atoms with Crippen molar-refractivity contribution < 1.29 is 13.2 Å². The van der Waals surface area contributed by atoms with Crippen LogP contribution in [0.4, 0.5) is 5.82 Å². The first kappa shape index (κ1) is 16.2. The third kappa shape index (κ3) is 3.54. The van der Waals surface area contributed by atoms with Crippen LogP contribution < -0.4 is 10.0 Å². The second kappa shape index (κ2) is 6.73. The van der Waals surface area contributed by atoms with Crippen LogP contribution in [0.1, 0.15) is 20.3 Å². The van der Waals surface area contributed by atoms with Gasteiger partial charge >= 0.3 is 0 Å². The molecule has 0 fully saturated rings. The Bertz CT molecular complexity index is 692. The lowest BCUT2D eigenvalue weighted by Gasteiger charge is -2.12. The molecule has 0 aliphatic rings. The summed E-state index contributed by atoms with van der Waals surface area (Å²) in [4.78, 5) is 4.99. The van der Waals surface area contributed by atoms with Gasteiger partial charge in [-0.2, -0.15) is 0 Å². The van der Waals surface area contributed by atoms with Crippen molar-refractivity contribution in [3.8, 4) is 0 Å². The summed E-state index contributed by atoms with van der Waals surface area (Å²) in [5.74, 6) is 0.390. The Morgan fingerprint density at radius 2 is 2.29 bits per heavy atom. The number of sulfonamides is 1. The molecule has 7 nitrogen and oxygen atoms in total. The van der Waals surface area contributed by atoms with Gasteiger partial charge in [-0.3, -0.25) is 4.40 Å². The van der Waals surface area contributed by atoms with Crippen molar-refractivity contribution >= 4 is 32.1 Å². The van der Waals surface area contributed by atoms with Crippen molar-refractivity contribution in [2.75, 3.05) is 25.5 Å². The fraction of sp³-hybridized carbons (Fsp3) is 0.583. The highest BCUT2D eigenvalue weighted by molar-refractivity contribution is 7.89. The predicted octanol–water partition coefficient (Wildman–Crippen LogP) is 1.53. The zero-order valence-corrected chi connectivity index (χ0v) is 13.9. The highest BCUT2D eigenvalue weighted by Crippen LogP contribution is 2.25. The van der Waals surface area contributed by atoms with Crippen LogP contribution in [0.3, 0.4) is 0 Å². The summed E-state index contributed by atoms with van der Waals surface area (Å²) in [6.45, 7) is 4.69. The van der Waals surface area contributed by atoms with E-state index >= 15 is 0 Å². The maximum absolute atomic E-state index is 12.5. The summed E-state index contributed by atoms with van der Waals surface area (Å²) in [6, 6.07) is 0. The lowest BCUT2D eigenvalue weighted by molar-refractivity contribution is 0.122. The minimum absolute atomic E-state index is 0.149. The summed E-state index contributed by atoms with van der Waals surface area (Å²) < 4.78 is 34.3. The minimum Gasteiger partial charge on any atom is -0.380 e. The van der Waals surface area contributed by atoms with E-state index in [1.54, 1.807) is 24.6 Å². The predicted molar refractivity (Wildman–Crippen MR) is 83.5 cm³/mol. The Labute approximate surface area is 128 Å². The van der Waals surface area contributed by atoms with Gasteiger partial charge in [0.2, 0.25) is 0 Å². The molecule has 2 N–H and O–H groups in total. The molecule has 9 heteroatoms. The monoisotopic (exact) mass is 332 g/mol. The lowest BCUT2D eigenvalue weighted by atomic mass is 10.4. The van der Waals surface area contributed by atoms with Gasteiger partial charge in [-0.25, -0.2) is 18.1 Å². The van der Waals surface area contributed by atoms with Gasteiger partial charge in [0.15, 0.2) is 15.8 Å². The second-order valence-electron chi connectivity index (χ2n) is 4.65.